The SMILES string of the molecule is O=c1[nH]c(O)c(/C=c2\cnn3c(=NC4CC4)nc(N4CC(F)C4)nc23)[nH]1. The maximum absolute atomic E-state index is 13.2. The molecule has 0 atom stereocenters. The van der Waals surface area contributed by atoms with Crippen molar-refractivity contribution in [1.29, 1.82) is 0 Å². The van der Waals surface area contributed by atoms with E-state index in [-0.39, 0.29) is 30.7 Å². The van der Waals surface area contributed by atoms with Gasteiger partial charge in [-0.1, -0.05) is 0 Å². The minimum absolute atomic E-state index is 0.221. The second kappa shape index (κ2) is 5.38. The van der Waals surface area contributed by atoms with Crippen molar-refractivity contribution in [3.05, 3.63) is 33.2 Å². The standard InChI is InChI=1S/C15H15FN8O2/c16-8-5-23(6-8)13-20-11-7(3-10-12(25)21-15(26)19-10)4-17-24(11)14(22-13)18-9-1-2-9/h3-4,8-9,25H,1-2,5-6H2,(H2,19,21,26)/b7-3+,18-14?. The lowest BCUT2D eigenvalue weighted by molar-refractivity contribution is 0.271. The molecule has 134 valence electrons. The second-order valence-electron chi connectivity index (χ2n) is 6.51. The summed E-state index contributed by atoms with van der Waals surface area (Å²) in [5.41, 5.74) is 0.595. The number of halogens is 1. The van der Waals surface area contributed by atoms with Gasteiger partial charge in [-0.05, 0) is 18.9 Å². The largest absolute Gasteiger partial charge is 0.493 e. The van der Waals surface area contributed by atoms with Crippen LogP contribution < -0.4 is 21.4 Å². The number of alkyl halides is 1. The van der Waals surface area contributed by atoms with E-state index in [0.29, 0.717) is 22.4 Å². The van der Waals surface area contributed by atoms with Gasteiger partial charge in [-0.3, -0.25) is 4.98 Å². The molecule has 0 bridgehead atoms. The minimum atomic E-state index is -0.878. The molecule has 0 radical (unpaired) electrons. The van der Waals surface area contributed by atoms with Crippen LogP contribution >= 0.6 is 0 Å². The van der Waals surface area contributed by atoms with Crippen LogP contribution in [0.15, 0.2) is 16.0 Å². The van der Waals surface area contributed by atoms with E-state index >= 15 is 0 Å². The first-order valence-electron chi connectivity index (χ1n) is 8.28. The van der Waals surface area contributed by atoms with Crippen LogP contribution in [0.1, 0.15) is 18.5 Å². The number of hydrogen-bond acceptors (Lipinski definition) is 7. The van der Waals surface area contributed by atoms with Gasteiger partial charge in [-0.25, -0.2) is 14.2 Å². The summed E-state index contributed by atoms with van der Waals surface area (Å²) in [6, 6.07) is 0.230. The molecule has 3 aromatic heterocycles. The van der Waals surface area contributed by atoms with Crippen LogP contribution in [0.5, 0.6) is 5.88 Å². The lowest BCUT2D eigenvalue weighted by Gasteiger charge is -2.34. The Kier molecular flexibility index (Phi) is 3.11. The maximum atomic E-state index is 13.2. The van der Waals surface area contributed by atoms with Gasteiger partial charge in [0.05, 0.1) is 25.3 Å². The second-order valence-corrected chi connectivity index (χ2v) is 6.51. The molecule has 1 aliphatic heterocycles. The Morgan fingerprint density at radius 3 is 2.77 bits per heavy atom. The summed E-state index contributed by atoms with van der Waals surface area (Å²) in [5.74, 6) is 0.127. The zero-order valence-corrected chi connectivity index (χ0v) is 13.6. The summed E-state index contributed by atoms with van der Waals surface area (Å²) < 4.78 is 14.7. The van der Waals surface area contributed by atoms with Gasteiger partial charge in [0.25, 0.3) is 5.62 Å². The van der Waals surface area contributed by atoms with Crippen molar-refractivity contribution in [1.82, 2.24) is 29.5 Å². The molecule has 1 saturated heterocycles. The molecule has 0 unspecified atom stereocenters. The Morgan fingerprint density at radius 2 is 2.12 bits per heavy atom. The van der Waals surface area contributed by atoms with Crippen molar-refractivity contribution in [2.45, 2.75) is 25.1 Å². The van der Waals surface area contributed by atoms with E-state index < -0.39 is 11.9 Å². The fourth-order valence-electron chi connectivity index (χ4n) is 2.80. The van der Waals surface area contributed by atoms with Gasteiger partial charge in [0.15, 0.2) is 5.65 Å². The van der Waals surface area contributed by atoms with Crippen LogP contribution in [0.4, 0.5) is 10.3 Å². The van der Waals surface area contributed by atoms with Gasteiger partial charge in [0, 0.05) is 5.22 Å². The molecular weight excluding hydrogens is 343 g/mol. The topological polar surface area (TPSA) is 128 Å². The minimum Gasteiger partial charge on any atom is -0.493 e. The summed E-state index contributed by atoms with van der Waals surface area (Å²) in [5, 5.41) is 14.6. The summed E-state index contributed by atoms with van der Waals surface area (Å²) in [6.45, 7) is 0.496. The Morgan fingerprint density at radius 1 is 1.31 bits per heavy atom. The molecule has 0 spiro atoms. The quantitative estimate of drug-likeness (QED) is 0.529. The molecule has 0 aromatic carbocycles. The predicted octanol–water partition coefficient (Wildman–Crippen LogP) is -1.38. The summed E-state index contributed by atoms with van der Waals surface area (Å²) in [4.78, 5) is 31.3. The third-order valence-corrected chi connectivity index (χ3v) is 4.37. The number of nitrogens with one attached hydrogen (secondary N) is 2. The van der Waals surface area contributed by atoms with Crippen molar-refractivity contribution in [2.75, 3.05) is 18.0 Å². The molecule has 2 aliphatic rings. The summed E-state index contributed by atoms with van der Waals surface area (Å²) >= 11 is 0. The molecule has 26 heavy (non-hydrogen) atoms. The van der Waals surface area contributed by atoms with E-state index in [4.69, 9.17) is 0 Å². The predicted molar refractivity (Wildman–Crippen MR) is 88.3 cm³/mol. The first-order chi connectivity index (χ1) is 12.6. The van der Waals surface area contributed by atoms with Gasteiger partial charge in [0.2, 0.25) is 11.8 Å². The molecule has 5 rings (SSSR count). The Labute approximate surface area is 144 Å². The number of imidazole rings is 1. The Balaban J connectivity index is 1.72. The van der Waals surface area contributed by atoms with E-state index in [9.17, 15) is 14.3 Å². The number of aromatic nitrogens is 6. The van der Waals surface area contributed by atoms with Crippen molar-refractivity contribution >= 4 is 17.7 Å². The average Bonchev–Trinajstić information content (AvgIpc) is 3.21. The highest BCUT2D eigenvalue weighted by molar-refractivity contribution is 5.57. The van der Waals surface area contributed by atoms with Crippen molar-refractivity contribution in [3.63, 3.8) is 0 Å². The molecular formula is C15H15FN8O2. The molecule has 3 aromatic rings. The number of nitrogens with zero attached hydrogens (tertiary/aromatic N) is 6. The normalized spacial score (nSPS) is 19.5. The van der Waals surface area contributed by atoms with Gasteiger partial charge >= 0.3 is 5.69 Å². The molecule has 11 heteroatoms. The van der Waals surface area contributed by atoms with E-state index in [1.54, 1.807) is 17.2 Å². The van der Waals surface area contributed by atoms with E-state index in [1.165, 1.54) is 4.52 Å². The maximum Gasteiger partial charge on any atom is 0.326 e. The number of hydrogen-bond donors (Lipinski definition) is 3. The number of aromatic amines is 2. The van der Waals surface area contributed by atoms with Gasteiger partial charge in [-0.2, -0.15) is 19.6 Å². The lowest BCUT2D eigenvalue weighted by Crippen LogP contribution is -2.50. The number of H-pyrrole nitrogens is 2. The van der Waals surface area contributed by atoms with Crippen LogP contribution in [0.3, 0.4) is 0 Å². The lowest BCUT2D eigenvalue weighted by atomic mass is 10.2. The van der Waals surface area contributed by atoms with Crippen LogP contribution in [-0.4, -0.2) is 60.0 Å². The summed E-state index contributed by atoms with van der Waals surface area (Å²) in [7, 11) is 0. The van der Waals surface area contributed by atoms with E-state index in [0.717, 1.165) is 12.8 Å². The van der Waals surface area contributed by atoms with Crippen LogP contribution in [0.2, 0.25) is 0 Å². The number of fused-ring (bicyclic) bond motifs is 1. The fourth-order valence-corrected chi connectivity index (χ4v) is 2.80. The monoisotopic (exact) mass is 358 g/mol. The van der Waals surface area contributed by atoms with Crippen molar-refractivity contribution < 1.29 is 9.50 Å². The van der Waals surface area contributed by atoms with Crippen molar-refractivity contribution in [2.24, 2.45) is 4.99 Å². The highest BCUT2D eigenvalue weighted by atomic mass is 19.1. The molecule has 10 nitrogen and oxygen atoms in total. The number of aromatic hydroxyl groups is 1. The van der Waals surface area contributed by atoms with Gasteiger partial charge in [0.1, 0.15) is 11.9 Å². The van der Waals surface area contributed by atoms with Crippen LogP contribution in [0, 0.1) is 0 Å². The first-order valence-corrected chi connectivity index (χ1v) is 8.28. The van der Waals surface area contributed by atoms with E-state index in [1.807, 2.05) is 0 Å². The summed E-state index contributed by atoms with van der Waals surface area (Å²) in [6.07, 6.45) is 4.25. The number of rotatable bonds is 3. The van der Waals surface area contributed by atoms with Gasteiger partial charge in [-0.15, -0.1) is 0 Å². The molecule has 0 amide bonds. The molecule has 2 fully saturated rings. The smallest absolute Gasteiger partial charge is 0.326 e. The van der Waals surface area contributed by atoms with Crippen LogP contribution in [-0.2, 0) is 0 Å². The van der Waals surface area contributed by atoms with Gasteiger partial charge < -0.3 is 15.0 Å². The third kappa shape index (κ3) is 2.52. The molecule has 1 aliphatic carbocycles. The van der Waals surface area contributed by atoms with Crippen molar-refractivity contribution in [3.8, 4) is 5.88 Å². The highest BCUT2D eigenvalue weighted by Gasteiger charge is 2.29. The van der Waals surface area contributed by atoms with E-state index in [2.05, 4.69) is 30.0 Å². The zero-order chi connectivity index (χ0) is 17.8. The number of anilines is 1. The molecule has 1 saturated carbocycles. The average molecular weight is 358 g/mol. The molecule has 4 heterocycles. The van der Waals surface area contributed by atoms with Crippen LogP contribution in [0.25, 0.3) is 11.7 Å². The highest BCUT2D eigenvalue weighted by Crippen LogP contribution is 2.22. The fraction of sp³-hybridized carbons (Fsp3) is 0.400. The Hall–Kier alpha value is -3.24. The first kappa shape index (κ1) is 15.0. The molecule has 3 N–H and O–H groups in total. The third-order valence-electron chi connectivity index (χ3n) is 4.37. The Bertz CT molecular complexity index is 1170. The zero-order valence-electron chi connectivity index (χ0n) is 13.6.